The highest BCUT2D eigenvalue weighted by molar-refractivity contribution is 5.98. The Morgan fingerprint density at radius 1 is 1.21 bits per heavy atom. The summed E-state index contributed by atoms with van der Waals surface area (Å²) >= 11 is 0. The van der Waals surface area contributed by atoms with Crippen LogP contribution in [0.4, 0.5) is 0 Å². The monoisotopic (exact) mass is 395 g/mol. The number of carboxylic acids is 1. The number of carboxylic acid groups (broad SMARTS) is 1. The Hall–Kier alpha value is -3.38. The van der Waals surface area contributed by atoms with E-state index in [9.17, 15) is 14.7 Å². The molecule has 0 fully saturated rings. The number of hydrogen-bond acceptors (Lipinski definition) is 5. The number of benzene rings is 2. The molecule has 0 saturated carbocycles. The molecule has 0 aliphatic carbocycles. The number of hydrogen-bond donors (Lipinski definition) is 2. The zero-order valence-electron chi connectivity index (χ0n) is 16.6. The van der Waals surface area contributed by atoms with Crippen LogP contribution in [0, 0.1) is 0 Å². The fourth-order valence-corrected chi connectivity index (χ4v) is 2.82. The molecule has 2 rings (SSSR count). The van der Waals surface area contributed by atoms with Gasteiger partial charge in [0.1, 0.15) is 11.3 Å². The molecule has 0 aliphatic rings. The van der Waals surface area contributed by atoms with Crippen LogP contribution >= 0.6 is 0 Å². The number of carbonyl (C=O) groups excluding carboxylic acids is 1. The summed E-state index contributed by atoms with van der Waals surface area (Å²) in [6.45, 7) is 5.37. The lowest BCUT2D eigenvalue weighted by Gasteiger charge is -2.18. The highest BCUT2D eigenvalue weighted by Crippen LogP contribution is 2.38. The van der Waals surface area contributed by atoms with E-state index in [0.717, 1.165) is 11.1 Å². The quantitative estimate of drug-likeness (QED) is 0.289. The Bertz CT molecular complexity index is 932. The summed E-state index contributed by atoms with van der Waals surface area (Å²) in [6, 6.07) is 11.1. The van der Waals surface area contributed by atoms with Crippen LogP contribution in [0.15, 0.2) is 48.6 Å². The first-order chi connectivity index (χ1) is 13.9. The average molecular weight is 395 g/mol. The minimum absolute atomic E-state index is 0.0405. The fraction of sp³-hybridized carbons (Fsp3) is 0.217. The molecule has 3 N–H and O–H groups in total. The summed E-state index contributed by atoms with van der Waals surface area (Å²) in [5.41, 5.74) is 7.92. The van der Waals surface area contributed by atoms with Crippen LogP contribution in [0.25, 0.3) is 12.2 Å². The van der Waals surface area contributed by atoms with Crippen LogP contribution in [-0.2, 0) is 11.2 Å². The summed E-state index contributed by atoms with van der Waals surface area (Å²) in [4.78, 5) is 24.0. The number of methoxy groups -OCH3 is 1. The molecule has 0 atom stereocenters. The van der Waals surface area contributed by atoms with Crippen LogP contribution < -0.4 is 15.2 Å². The van der Waals surface area contributed by atoms with Crippen molar-refractivity contribution in [2.24, 2.45) is 5.73 Å². The Balaban J connectivity index is 2.68. The summed E-state index contributed by atoms with van der Waals surface area (Å²) in [7, 11) is 1.49. The van der Waals surface area contributed by atoms with Crippen molar-refractivity contribution in [3.05, 3.63) is 70.8 Å². The third kappa shape index (κ3) is 5.80. The van der Waals surface area contributed by atoms with Crippen molar-refractivity contribution < 1.29 is 24.2 Å². The Kier molecular flexibility index (Phi) is 7.74. The van der Waals surface area contributed by atoms with Crippen LogP contribution in [0.1, 0.15) is 40.4 Å². The second kappa shape index (κ2) is 10.2. The third-order valence-corrected chi connectivity index (χ3v) is 4.25. The van der Waals surface area contributed by atoms with E-state index in [1.165, 1.54) is 7.11 Å². The van der Waals surface area contributed by atoms with Gasteiger partial charge in [-0.2, -0.15) is 0 Å². The number of allylic oxidation sites excluding steroid dienone is 1. The molecule has 29 heavy (non-hydrogen) atoms. The molecule has 0 aromatic heterocycles. The minimum Gasteiger partial charge on any atom is -0.496 e. The second-order valence-electron chi connectivity index (χ2n) is 6.54. The number of ether oxygens (including phenoxy) is 2. The lowest BCUT2D eigenvalue weighted by Crippen LogP contribution is -2.22. The number of esters is 1. The van der Waals surface area contributed by atoms with Gasteiger partial charge in [0.05, 0.1) is 13.7 Å². The molecular formula is C23H25NO5. The highest BCUT2D eigenvalue weighted by atomic mass is 16.5. The fourth-order valence-electron chi connectivity index (χ4n) is 2.82. The minimum atomic E-state index is -1.21. The SMILES string of the molecule is C=C(C)CCc1c(OC)cc(C=Cc2ccccc2)c(C(=O)O)c1OC(=O)CN. The highest BCUT2D eigenvalue weighted by Gasteiger charge is 2.25. The third-order valence-electron chi connectivity index (χ3n) is 4.25. The normalized spacial score (nSPS) is 10.7. The molecule has 0 aliphatic heterocycles. The van der Waals surface area contributed by atoms with Gasteiger partial charge in [-0.15, -0.1) is 6.58 Å². The van der Waals surface area contributed by atoms with E-state index in [2.05, 4.69) is 6.58 Å². The van der Waals surface area contributed by atoms with Crippen molar-refractivity contribution in [1.29, 1.82) is 0 Å². The lowest BCUT2D eigenvalue weighted by atomic mass is 9.96. The molecule has 152 valence electrons. The predicted octanol–water partition coefficient (Wildman–Crippen LogP) is 3.94. The summed E-state index contributed by atoms with van der Waals surface area (Å²) in [5.74, 6) is -1.54. The lowest BCUT2D eigenvalue weighted by molar-refractivity contribution is -0.132. The van der Waals surface area contributed by atoms with E-state index >= 15 is 0 Å². The molecule has 2 aromatic rings. The van der Waals surface area contributed by atoms with Crippen LogP contribution in [0.3, 0.4) is 0 Å². The summed E-state index contributed by atoms with van der Waals surface area (Å²) in [6.07, 6.45) is 4.43. The number of aromatic carboxylic acids is 1. The maximum absolute atomic E-state index is 12.1. The standard InChI is InChI=1S/C23H25NO5/c1-15(2)9-12-18-19(28-3)13-17(11-10-16-7-5-4-6-8-16)21(23(26)27)22(18)29-20(25)14-24/h4-8,10-11,13H,1,9,12,14,24H2,2-3H3,(H,26,27). The van der Waals surface area contributed by atoms with Crippen LogP contribution in [-0.4, -0.2) is 30.7 Å². The van der Waals surface area contributed by atoms with Crippen LogP contribution in [0.5, 0.6) is 11.5 Å². The van der Waals surface area contributed by atoms with Gasteiger partial charge < -0.3 is 20.3 Å². The van der Waals surface area contributed by atoms with Gasteiger partial charge in [-0.05, 0) is 37.0 Å². The molecule has 0 spiro atoms. The molecule has 0 unspecified atom stereocenters. The van der Waals surface area contributed by atoms with Gasteiger partial charge in [-0.1, -0.05) is 48.1 Å². The maximum Gasteiger partial charge on any atom is 0.340 e. The van der Waals surface area contributed by atoms with Gasteiger partial charge in [0.2, 0.25) is 0 Å². The average Bonchev–Trinajstić information content (AvgIpc) is 2.70. The summed E-state index contributed by atoms with van der Waals surface area (Å²) in [5, 5.41) is 9.88. The van der Waals surface area contributed by atoms with Crippen molar-refractivity contribution in [2.75, 3.05) is 13.7 Å². The first-order valence-electron chi connectivity index (χ1n) is 9.12. The number of rotatable bonds is 9. The van der Waals surface area contributed by atoms with Crippen LogP contribution in [0.2, 0.25) is 0 Å². The summed E-state index contributed by atoms with van der Waals surface area (Å²) < 4.78 is 10.8. The van der Waals surface area contributed by atoms with Crippen molar-refractivity contribution in [3.63, 3.8) is 0 Å². The Morgan fingerprint density at radius 2 is 1.90 bits per heavy atom. The van der Waals surface area contributed by atoms with Crippen molar-refractivity contribution in [1.82, 2.24) is 0 Å². The van der Waals surface area contributed by atoms with E-state index in [1.54, 1.807) is 18.2 Å². The molecule has 6 heteroatoms. The first kappa shape index (κ1) is 21.9. The van der Waals surface area contributed by atoms with Crippen molar-refractivity contribution in [3.8, 4) is 11.5 Å². The topological polar surface area (TPSA) is 98.9 Å². The van der Waals surface area contributed by atoms with E-state index in [1.807, 2.05) is 37.3 Å². The van der Waals surface area contributed by atoms with E-state index < -0.39 is 11.9 Å². The molecular weight excluding hydrogens is 370 g/mol. The molecule has 0 saturated heterocycles. The van der Waals surface area contributed by atoms with Gasteiger partial charge in [0.25, 0.3) is 0 Å². The van der Waals surface area contributed by atoms with Gasteiger partial charge >= 0.3 is 11.9 Å². The zero-order chi connectivity index (χ0) is 21.4. The predicted molar refractivity (Wildman–Crippen MR) is 113 cm³/mol. The van der Waals surface area contributed by atoms with Gasteiger partial charge in [0.15, 0.2) is 5.75 Å². The molecule has 2 aromatic carbocycles. The number of nitrogens with two attached hydrogens (primary N) is 1. The molecule has 6 nitrogen and oxygen atoms in total. The number of carbonyl (C=O) groups is 2. The first-order valence-corrected chi connectivity index (χ1v) is 9.12. The molecule has 0 heterocycles. The van der Waals surface area contributed by atoms with Gasteiger partial charge in [-0.25, -0.2) is 4.79 Å². The maximum atomic E-state index is 12.1. The molecule has 0 radical (unpaired) electrons. The largest absolute Gasteiger partial charge is 0.496 e. The van der Waals surface area contributed by atoms with E-state index in [4.69, 9.17) is 15.2 Å². The second-order valence-corrected chi connectivity index (χ2v) is 6.54. The van der Waals surface area contributed by atoms with E-state index in [-0.39, 0.29) is 17.9 Å². The smallest absolute Gasteiger partial charge is 0.340 e. The van der Waals surface area contributed by atoms with Crippen molar-refractivity contribution in [2.45, 2.75) is 19.8 Å². The Morgan fingerprint density at radius 3 is 2.45 bits per heavy atom. The zero-order valence-corrected chi connectivity index (χ0v) is 16.6. The van der Waals surface area contributed by atoms with E-state index in [0.29, 0.717) is 29.7 Å². The van der Waals surface area contributed by atoms with Gasteiger partial charge in [-0.3, -0.25) is 4.79 Å². The Labute approximate surface area is 170 Å². The van der Waals surface area contributed by atoms with Gasteiger partial charge in [0, 0.05) is 5.56 Å². The van der Waals surface area contributed by atoms with Crippen molar-refractivity contribution >= 4 is 24.1 Å². The molecule has 0 amide bonds. The molecule has 0 bridgehead atoms.